The van der Waals surface area contributed by atoms with Gasteiger partial charge in [-0.2, -0.15) is 5.26 Å². The average Bonchev–Trinajstić information content (AvgIpc) is 3.81. The summed E-state index contributed by atoms with van der Waals surface area (Å²) in [5.74, 6) is 2.93. The first-order chi connectivity index (χ1) is 31.8. The van der Waals surface area contributed by atoms with Gasteiger partial charge in [-0.3, -0.25) is 19.8 Å². The Morgan fingerprint density at radius 1 is 0.881 bits per heavy atom. The van der Waals surface area contributed by atoms with Gasteiger partial charge in [-0.05, 0) is 130 Å². The number of piperazine rings is 1. The summed E-state index contributed by atoms with van der Waals surface area (Å²) in [6, 6.07) is 20.3. The molecule has 3 aromatic carbocycles. The summed E-state index contributed by atoms with van der Waals surface area (Å²) in [6.45, 7) is 16.2. The van der Waals surface area contributed by atoms with E-state index in [1.807, 2.05) is 48.7 Å². The van der Waals surface area contributed by atoms with Crippen LogP contribution in [0.15, 0.2) is 66.9 Å². The van der Waals surface area contributed by atoms with Crippen LogP contribution in [0.5, 0.6) is 23.0 Å². The molecule has 2 saturated carbocycles. The molecule has 5 fully saturated rings. The van der Waals surface area contributed by atoms with Crippen LogP contribution in [0.4, 0.5) is 0 Å². The molecule has 0 aromatic heterocycles. The monoisotopic (exact) mass is 933 g/mol. The lowest BCUT2D eigenvalue weighted by molar-refractivity contribution is -0.174. The molecule has 9 rings (SSSR count). The predicted octanol–water partition coefficient (Wildman–Crippen LogP) is 7.31. The lowest BCUT2D eigenvalue weighted by Crippen LogP contribution is -2.76. The van der Waals surface area contributed by atoms with Crippen LogP contribution < -0.4 is 35.5 Å². The van der Waals surface area contributed by atoms with Crippen molar-refractivity contribution in [2.24, 2.45) is 22.2 Å². The zero-order chi connectivity index (χ0) is 47.5. The number of nitrogens with one attached hydrogen (secondary N) is 4. The highest BCUT2D eigenvalue weighted by Crippen LogP contribution is 2.56. The Morgan fingerprint density at radius 3 is 2.21 bits per heavy atom. The van der Waals surface area contributed by atoms with Crippen molar-refractivity contribution in [3.8, 4) is 29.1 Å². The number of likely N-dealkylation sites (tertiary alicyclic amines) is 1. The molecule has 4 unspecified atom stereocenters. The van der Waals surface area contributed by atoms with E-state index in [9.17, 15) is 20.0 Å². The molecule has 67 heavy (non-hydrogen) atoms. The minimum atomic E-state index is -1.03. The summed E-state index contributed by atoms with van der Waals surface area (Å²) < 4.78 is 19.5. The Bertz CT molecular complexity index is 2380. The van der Waals surface area contributed by atoms with E-state index in [4.69, 9.17) is 25.8 Å². The van der Waals surface area contributed by atoms with Crippen LogP contribution in [0.2, 0.25) is 5.02 Å². The Kier molecular flexibility index (Phi) is 13.0. The molecular weight excluding hydrogens is 866 g/mol. The summed E-state index contributed by atoms with van der Waals surface area (Å²) in [6.07, 6.45) is 9.69. The minimum Gasteiger partial charge on any atom is -0.490 e. The van der Waals surface area contributed by atoms with Crippen molar-refractivity contribution in [3.05, 3.63) is 88.6 Å². The third kappa shape index (κ3) is 9.42. The number of amides is 2. The Labute approximate surface area is 400 Å². The van der Waals surface area contributed by atoms with Gasteiger partial charge in [0.1, 0.15) is 35.2 Å². The van der Waals surface area contributed by atoms with Gasteiger partial charge in [0.05, 0.1) is 40.5 Å². The molecule has 2 aliphatic carbocycles. The second-order valence-electron chi connectivity index (χ2n) is 21.8. The minimum absolute atomic E-state index is 0.00220. The summed E-state index contributed by atoms with van der Waals surface area (Å²) in [7, 11) is 1.80. The normalized spacial score (nSPS) is 28.1. The number of carbonyl (C=O) groups excluding carboxylic acids is 2. The van der Waals surface area contributed by atoms with E-state index in [-0.39, 0.29) is 65.1 Å². The van der Waals surface area contributed by atoms with Gasteiger partial charge >= 0.3 is 0 Å². The molecule has 0 radical (unpaired) electrons. The van der Waals surface area contributed by atoms with Crippen LogP contribution >= 0.6 is 11.6 Å². The van der Waals surface area contributed by atoms with Crippen LogP contribution in [-0.4, -0.2) is 103 Å². The molecule has 14 heteroatoms. The molecule has 5 N–H and O–H groups in total. The Morgan fingerprint density at radius 2 is 1.57 bits per heavy atom. The van der Waals surface area contributed by atoms with E-state index >= 15 is 0 Å². The highest BCUT2D eigenvalue weighted by atomic mass is 35.5. The number of benzene rings is 3. The summed E-state index contributed by atoms with van der Waals surface area (Å²) in [5.41, 5.74) is 1.77. The third-order valence-electron chi connectivity index (χ3n) is 16.1. The standard InChI is InChI=1S/C53H68ClN7O6/c1-50(2)48(51(3,4)49(50)67-37-10-8-32(28-55)41(54)27-37)59-46(62)42-29-58-44(30-57-42)61-24-21-53(22-25-61)19-16-36(17-20-53)65-34-11-13-35(14-12-34)66-43-15-9-33(52(5,6)64)26-39(43)40-31-60(7)47(63)45-38(40)18-23-56-45/h8-15,26-27,31,36,38,42,44-45,48-49,56-58,64H,16-25,29-30H2,1-7H3,(H,59,62). The molecule has 4 heterocycles. The lowest BCUT2D eigenvalue weighted by atomic mass is 9.49. The number of nitriles is 1. The molecule has 1 spiro atoms. The van der Waals surface area contributed by atoms with Gasteiger partial charge in [-0.25, -0.2) is 0 Å². The topological polar surface area (TPSA) is 160 Å². The van der Waals surface area contributed by atoms with Gasteiger partial charge in [0.15, 0.2) is 0 Å². The van der Waals surface area contributed by atoms with Crippen molar-refractivity contribution >= 4 is 29.0 Å². The molecule has 358 valence electrons. The van der Waals surface area contributed by atoms with E-state index in [2.05, 4.69) is 59.9 Å². The highest BCUT2D eigenvalue weighted by Gasteiger charge is 2.64. The van der Waals surface area contributed by atoms with Crippen molar-refractivity contribution in [1.82, 2.24) is 31.1 Å². The van der Waals surface area contributed by atoms with Gasteiger partial charge in [-0.1, -0.05) is 45.4 Å². The number of aliphatic hydroxyl groups is 1. The molecule has 3 aromatic rings. The fourth-order valence-electron chi connectivity index (χ4n) is 12.4. The van der Waals surface area contributed by atoms with Crippen LogP contribution in [-0.2, 0) is 15.2 Å². The van der Waals surface area contributed by atoms with E-state index < -0.39 is 5.60 Å². The molecular formula is C53H68ClN7O6. The number of carbonyl (C=O) groups is 2. The fraction of sp³-hybridized carbons (Fsp3) is 0.566. The maximum atomic E-state index is 13.7. The number of likely N-dealkylation sites (N-methyl/N-ethyl adjacent to an activating group) is 1. The largest absolute Gasteiger partial charge is 0.490 e. The van der Waals surface area contributed by atoms with Gasteiger partial charge in [0, 0.05) is 73.8 Å². The molecule has 4 aliphatic heterocycles. The lowest BCUT2D eigenvalue weighted by Gasteiger charge is -2.63. The molecule has 13 nitrogen and oxygen atoms in total. The van der Waals surface area contributed by atoms with E-state index in [1.54, 1.807) is 44.0 Å². The van der Waals surface area contributed by atoms with Gasteiger partial charge < -0.3 is 40.2 Å². The van der Waals surface area contributed by atoms with Crippen molar-refractivity contribution in [1.29, 1.82) is 5.26 Å². The van der Waals surface area contributed by atoms with E-state index in [0.717, 1.165) is 87.0 Å². The third-order valence-corrected chi connectivity index (χ3v) is 16.4. The molecule has 2 amide bonds. The fourth-order valence-corrected chi connectivity index (χ4v) is 12.6. The van der Waals surface area contributed by atoms with Gasteiger partial charge in [-0.15, -0.1) is 0 Å². The van der Waals surface area contributed by atoms with Crippen molar-refractivity contribution in [2.45, 2.75) is 129 Å². The number of nitrogens with zero attached hydrogens (tertiary/aromatic N) is 3. The first-order valence-corrected chi connectivity index (χ1v) is 24.6. The Hall–Kier alpha value is -4.68. The first-order valence-electron chi connectivity index (χ1n) is 24.3. The average molecular weight is 935 g/mol. The SMILES string of the molecule is CN1C=C(c2cc(C(C)(C)O)ccc2Oc2ccc(OC3CCC4(CC3)CCN(C3CNC(C(=O)NC5C(C)(C)C(Oc6ccc(C#N)c(Cl)c6)C5(C)C)CN3)CC4)cc2)C2CCNC2C1=O. The molecule has 0 bridgehead atoms. The smallest absolute Gasteiger partial charge is 0.244 e. The number of piperidine rings is 1. The molecule has 4 atom stereocenters. The van der Waals surface area contributed by atoms with E-state index in [1.165, 1.54) is 0 Å². The first kappa shape index (κ1) is 47.4. The number of rotatable bonds is 11. The summed E-state index contributed by atoms with van der Waals surface area (Å²) in [4.78, 5) is 30.8. The maximum Gasteiger partial charge on any atom is 0.244 e. The molecule has 3 saturated heterocycles. The van der Waals surface area contributed by atoms with Crippen molar-refractivity contribution in [3.63, 3.8) is 0 Å². The van der Waals surface area contributed by atoms with Gasteiger partial charge in [0.25, 0.3) is 0 Å². The number of fused-ring (bicyclic) bond motifs is 1. The quantitative estimate of drug-likeness (QED) is 0.131. The van der Waals surface area contributed by atoms with Crippen LogP contribution in [0.3, 0.4) is 0 Å². The number of ether oxygens (including phenoxy) is 3. The number of hydrogen-bond donors (Lipinski definition) is 5. The maximum absolute atomic E-state index is 13.7. The number of hydrogen-bond acceptors (Lipinski definition) is 11. The predicted molar refractivity (Wildman–Crippen MR) is 259 cm³/mol. The van der Waals surface area contributed by atoms with E-state index in [0.29, 0.717) is 46.3 Å². The van der Waals surface area contributed by atoms with Gasteiger partial charge in [0.2, 0.25) is 11.8 Å². The summed E-state index contributed by atoms with van der Waals surface area (Å²) in [5, 5.41) is 34.5. The van der Waals surface area contributed by atoms with Crippen LogP contribution in [0.25, 0.3) is 5.57 Å². The van der Waals surface area contributed by atoms with Crippen molar-refractivity contribution < 1.29 is 28.9 Å². The molecule has 6 aliphatic rings. The zero-order valence-electron chi connectivity index (χ0n) is 40.1. The Balaban J connectivity index is 0.726. The summed E-state index contributed by atoms with van der Waals surface area (Å²) >= 11 is 6.28. The second kappa shape index (κ2) is 18.3. The van der Waals surface area contributed by atoms with Crippen LogP contribution in [0.1, 0.15) is 103 Å². The van der Waals surface area contributed by atoms with Crippen molar-refractivity contribution in [2.75, 3.05) is 39.8 Å². The zero-order valence-corrected chi connectivity index (χ0v) is 40.8. The number of halogens is 1. The second-order valence-corrected chi connectivity index (χ2v) is 22.2. The van der Waals surface area contributed by atoms with Crippen LogP contribution in [0, 0.1) is 33.5 Å². The highest BCUT2D eigenvalue weighted by molar-refractivity contribution is 6.31.